The van der Waals surface area contributed by atoms with Crippen LogP contribution >= 0.6 is 23.6 Å². The number of hydrogen-bond acceptors (Lipinski definition) is 14. The van der Waals surface area contributed by atoms with Crippen molar-refractivity contribution in [3.05, 3.63) is 82.2 Å². The van der Waals surface area contributed by atoms with Gasteiger partial charge in [0.1, 0.15) is 35.5 Å². The minimum atomic E-state index is -5.23. The predicted octanol–water partition coefficient (Wildman–Crippen LogP) is 6.47. The number of carbonyl (C=O) groups is 4. The predicted molar refractivity (Wildman–Crippen MR) is 262 cm³/mol. The fourth-order valence-corrected chi connectivity index (χ4v) is 9.51. The number of aliphatic hydroxyl groups is 1. The highest BCUT2D eigenvalue weighted by molar-refractivity contribution is 7.81. The zero-order valence-electron chi connectivity index (χ0n) is 40.7. The van der Waals surface area contributed by atoms with E-state index < -0.39 is 81.6 Å². The van der Waals surface area contributed by atoms with E-state index in [0.29, 0.717) is 24.3 Å². The van der Waals surface area contributed by atoms with Crippen LogP contribution in [0.5, 0.6) is 11.8 Å². The number of pyridine rings is 1. The molecule has 17 nitrogen and oxygen atoms in total. The number of thiazole rings is 1. The largest absolute Gasteiger partial charge is 0.479 e. The number of unbranched alkanes of at least 4 members (excludes halogenated alkanes) is 1. The van der Waals surface area contributed by atoms with Gasteiger partial charge in [-0.3, -0.25) is 29.0 Å². The van der Waals surface area contributed by atoms with Gasteiger partial charge < -0.3 is 39.6 Å². The summed E-state index contributed by atoms with van der Waals surface area (Å²) < 4.78 is 79.3. The number of aryl methyl sites for hydroxylation is 1. The number of β-amino-alcohol motifs (C(OH)–C–C–N with tert-alkyl or cyclic N) is 1. The lowest BCUT2D eigenvalue weighted by molar-refractivity contribution is -0.144. The Hall–Kier alpha value is -6.32. The third-order valence-electron chi connectivity index (χ3n) is 11.9. The third-order valence-corrected chi connectivity index (χ3v) is 13.3. The number of ether oxygens (including phenoxy) is 4. The fourth-order valence-electron chi connectivity index (χ4n) is 8.19. The number of carbonyl (C=O) groups excluding carboxylic acids is 4. The van der Waals surface area contributed by atoms with Crippen molar-refractivity contribution < 1.29 is 60.8 Å². The average molecular weight is 1040 g/mol. The van der Waals surface area contributed by atoms with E-state index in [4.69, 9.17) is 31.2 Å². The number of alkyl halides is 3. The summed E-state index contributed by atoms with van der Waals surface area (Å²) in [6, 6.07) is 11.8. The van der Waals surface area contributed by atoms with Crippen molar-refractivity contribution in [1.29, 1.82) is 5.26 Å². The van der Waals surface area contributed by atoms with Gasteiger partial charge in [-0.15, -0.1) is 11.3 Å². The molecule has 0 unspecified atom stereocenters. The molecule has 72 heavy (non-hydrogen) atoms. The van der Waals surface area contributed by atoms with Gasteiger partial charge in [0.15, 0.2) is 10.9 Å². The van der Waals surface area contributed by atoms with Crippen molar-refractivity contribution in [2.75, 3.05) is 56.5 Å². The molecular weight excluding hydrogens is 985 g/mol. The highest BCUT2D eigenvalue weighted by atomic mass is 32.1. The Labute approximate surface area is 423 Å². The number of likely N-dealkylation sites (tertiary alicyclic amines) is 1. The van der Waals surface area contributed by atoms with Crippen LogP contribution in [0, 0.1) is 29.5 Å². The molecule has 3 N–H and O–H groups in total. The van der Waals surface area contributed by atoms with Crippen LogP contribution < -0.4 is 29.9 Å². The molecule has 2 aromatic carbocycles. The first kappa shape index (κ1) is 55.0. The lowest BCUT2D eigenvalue weighted by Crippen LogP contribution is -2.58. The standard InChI is InChI=1S/C49H56F4N8O9S2/c1-28-40(72-27-56-28)30-12-10-29(11-13-30)24-55-42(64)35-22-32(62)25-59(35)44(65)41(47(2,3)4)57-36(63)26-69-21-20-68-18-8-9-19-70-37-17-16-34(43(58-37)67-7)61-46(71)60(45(66)48(61,5)6)33-15-14-31(23-54)38(39(33)50)49(51,52)53/h10-17,27,32,35,41,62H,8-9,18-22,24-26H2,1-7H3,(H,55,64)(H,57,63)/t32-,35+,41-/m1/s1. The summed E-state index contributed by atoms with van der Waals surface area (Å²) in [6.45, 7) is 10.8. The molecule has 2 saturated heterocycles. The average Bonchev–Trinajstić information content (AvgIpc) is 3.99. The molecule has 4 heterocycles. The Kier molecular flexibility index (Phi) is 17.6. The summed E-state index contributed by atoms with van der Waals surface area (Å²) >= 11 is 7.08. The van der Waals surface area contributed by atoms with E-state index in [2.05, 4.69) is 20.6 Å². The number of benzene rings is 2. The smallest absolute Gasteiger partial charge is 0.420 e. The van der Waals surface area contributed by atoms with E-state index in [1.165, 1.54) is 49.0 Å². The monoisotopic (exact) mass is 1040 g/mol. The molecule has 6 rings (SSSR count). The molecule has 0 spiro atoms. The molecule has 23 heteroatoms. The van der Waals surface area contributed by atoms with Crippen LogP contribution in [0.15, 0.2) is 54.0 Å². The Balaban J connectivity index is 0.916. The Morgan fingerprint density at radius 2 is 1.69 bits per heavy atom. The molecule has 0 saturated carbocycles. The molecule has 0 radical (unpaired) electrons. The van der Waals surface area contributed by atoms with Crippen LogP contribution in [-0.4, -0.2) is 119 Å². The van der Waals surface area contributed by atoms with Crippen molar-refractivity contribution in [3.63, 3.8) is 0 Å². The van der Waals surface area contributed by atoms with Crippen LogP contribution in [0.1, 0.15) is 76.3 Å². The molecule has 2 aromatic heterocycles. The van der Waals surface area contributed by atoms with E-state index in [-0.39, 0.29) is 68.5 Å². The van der Waals surface area contributed by atoms with E-state index in [1.807, 2.05) is 31.2 Å². The fraction of sp³-hybridized carbons (Fsp3) is 0.469. The van der Waals surface area contributed by atoms with Gasteiger partial charge in [0.05, 0.1) is 66.4 Å². The van der Waals surface area contributed by atoms with Gasteiger partial charge in [0.2, 0.25) is 29.5 Å². The molecule has 2 fully saturated rings. The van der Waals surface area contributed by atoms with Crippen LogP contribution in [0.2, 0.25) is 0 Å². The number of nitrogens with one attached hydrogen (secondary N) is 2. The highest BCUT2D eigenvalue weighted by Gasteiger charge is 2.53. The third kappa shape index (κ3) is 12.5. The normalized spacial score (nSPS) is 17.2. The second-order valence-electron chi connectivity index (χ2n) is 18.6. The molecule has 4 aromatic rings. The molecule has 4 amide bonds. The molecule has 3 atom stereocenters. The van der Waals surface area contributed by atoms with Crippen molar-refractivity contribution in [2.45, 2.75) is 97.3 Å². The molecule has 386 valence electrons. The number of thiocarbonyl (C=S) groups is 1. The summed E-state index contributed by atoms with van der Waals surface area (Å²) in [7, 11) is 1.31. The van der Waals surface area contributed by atoms with Gasteiger partial charge >= 0.3 is 6.18 Å². The van der Waals surface area contributed by atoms with Gasteiger partial charge in [-0.25, -0.2) is 9.37 Å². The number of amides is 4. The van der Waals surface area contributed by atoms with E-state index >= 15 is 4.39 Å². The maximum Gasteiger partial charge on any atom is 0.420 e. The van der Waals surface area contributed by atoms with Crippen LogP contribution in [0.25, 0.3) is 10.4 Å². The zero-order chi connectivity index (χ0) is 52.7. The van der Waals surface area contributed by atoms with Crippen LogP contribution in [0.3, 0.4) is 0 Å². The van der Waals surface area contributed by atoms with Crippen molar-refractivity contribution >= 4 is 63.7 Å². The highest BCUT2D eigenvalue weighted by Crippen LogP contribution is 2.44. The number of rotatable bonds is 20. The first-order valence-corrected chi connectivity index (χ1v) is 24.1. The second kappa shape index (κ2) is 23.0. The summed E-state index contributed by atoms with van der Waals surface area (Å²) in [5.74, 6) is -3.98. The minimum Gasteiger partial charge on any atom is -0.479 e. The Bertz CT molecular complexity index is 2690. The number of hydrogen-bond donors (Lipinski definition) is 3. The Morgan fingerprint density at radius 1 is 1.01 bits per heavy atom. The number of nitriles is 1. The van der Waals surface area contributed by atoms with E-state index in [1.54, 1.807) is 37.6 Å². The molecular formula is C49H56F4N8O9S2. The Morgan fingerprint density at radius 3 is 2.33 bits per heavy atom. The van der Waals surface area contributed by atoms with Crippen molar-refractivity contribution in [1.82, 2.24) is 25.5 Å². The van der Waals surface area contributed by atoms with Gasteiger partial charge in [0.25, 0.3) is 5.91 Å². The van der Waals surface area contributed by atoms with Crippen LogP contribution in [-0.2, 0) is 41.4 Å². The minimum absolute atomic E-state index is 0.0385. The first-order valence-electron chi connectivity index (χ1n) is 22.9. The zero-order valence-corrected chi connectivity index (χ0v) is 42.4. The number of methoxy groups -OCH3 is 1. The molecule has 0 aliphatic carbocycles. The summed E-state index contributed by atoms with van der Waals surface area (Å²) in [5.41, 5.74) is -1.05. The molecule has 2 aliphatic heterocycles. The van der Waals surface area contributed by atoms with E-state index in [0.717, 1.165) is 33.8 Å². The van der Waals surface area contributed by atoms with E-state index in [9.17, 15) is 42.7 Å². The SMILES string of the molecule is COc1nc(OCCCCOCCOCC(=O)N[C@H](C(=O)N2C[C@H](O)C[C@H]2C(=O)NCc2ccc(-c3scnc3C)cc2)C(C)(C)C)ccc1N1C(=S)N(c2ccc(C#N)c(C(F)(F)F)c2F)C(=O)C1(C)C. The van der Waals surface area contributed by atoms with Crippen molar-refractivity contribution in [2.24, 2.45) is 5.41 Å². The second-order valence-corrected chi connectivity index (χ2v) is 19.8. The quantitative estimate of drug-likeness (QED) is 0.0493. The van der Waals surface area contributed by atoms with Crippen LogP contribution in [0.4, 0.5) is 28.9 Å². The number of aliphatic hydroxyl groups excluding tert-OH is 1. The number of aromatic nitrogens is 2. The summed E-state index contributed by atoms with van der Waals surface area (Å²) in [5, 5.41) is 25.0. The van der Waals surface area contributed by atoms with Gasteiger partial charge in [-0.05, 0) is 80.6 Å². The topological polar surface area (TPSA) is 209 Å². The maximum atomic E-state index is 15.5. The van der Waals surface area contributed by atoms with Gasteiger partial charge in [0, 0.05) is 32.2 Å². The summed E-state index contributed by atoms with van der Waals surface area (Å²) in [4.78, 5) is 67.1. The lowest BCUT2D eigenvalue weighted by atomic mass is 9.85. The van der Waals surface area contributed by atoms with Gasteiger partial charge in [-0.1, -0.05) is 45.0 Å². The maximum absolute atomic E-state index is 15.5. The number of nitrogens with zero attached hydrogens (tertiary/aromatic N) is 6. The molecule has 0 bridgehead atoms. The first-order chi connectivity index (χ1) is 34.0. The number of anilines is 2. The molecule has 2 aliphatic rings. The lowest BCUT2D eigenvalue weighted by Gasteiger charge is -2.35. The summed E-state index contributed by atoms with van der Waals surface area (Å²) in [6.07, 6.45) is -4.97. The van der Waals surface area contributed by atoms with Gasteiger partial charge in [-0.2, -0.15) is 23.4 Å². The van der Waals surface area contributed by atoms with Crippen molar-refractivity contribution in [3.8, 4) is 28.3 Å². The number of halogens is 4.